The third-order valence-electron chi connectivity index (χ3n) is 4.01. The van der Waals surface area contributed by atoms with E-state index in [1.165, 1.54) is 12.0 Å². The highest BCUT2D eigenvalue weighted by atomic mass is 19.1. The molecule has 1 atom stereocenters. The first-order chi connectivity index (χ1) is 12.4. The SMILES string of the molecule is COC(=O)c1cc(F)c(C(=O)CCC2CN(C(=O)OC)CCO2)c(F)c1. The van der Waals surface area contributed by atoms with Crippen LogP contribution in [-0.4, -0.2) is 62.8 Å². The van der Waals surface area contributed by atoms with Crippen molar-refractivity contribution < 1.29 is 37.4 Å². The fourth-order valence-electron chi connectivity index (χ4n) is 2.68. The van der Waals surface area contributed by atoms with E-state index in [1.54, 1.807) is 0 Å². The highest BCUT2D eigenvalue weighted by molar-refractivity contribution is 5.98. The number of carbonyl (C=O) groups is 3. The van der Waals surface area contributed by atoms with Gasteiger partial charge in [0.15, 0.2) is 5.78 Å². The van der Waals surface area contributed by atoms with Gasteiger partial charge in [-0.15, -0.1) is 0 Å². The summed E-state index contributed by atoms with van der Waals surface area (Å²) in [7, 11) is 2.35. The lowest BCUT2D eigenvalue weighted by molar-refractivity contribution is -0.0278. The van der Waals surface area contributed by atoms with Crippen LogP contribution in [0.5, 0.6) is 0 Å². The minimum absolute atomic E-state index is 0.176. The van der Waals surface area contributed by atoms with Gasteiger partial charge in [0, 0.05) is 13.0 Å². The average Bonchev–Trinajstić information content (AvgIpc) is 2.64. The summed E-state index contributed by atoms with van der Waals surface area (Å²) in [5.41, 5.74) is -1.03. The minimum atomic E-state index is -1.13. The molecule has 1 aliphatic heterocycles. The predicted octanol–water partition coefficient (Wildman–Crippen LogP) is 2.18. The molecule has 2 rings (SSSR count). The Morgan fingerprint density at radius 3 is 2.42 bits per heavy atom. The first-order valence-corrected chi connectivity index (χ1v) is 7.92. The number of hydrogen-bond donors (Lipinski definition) is 0. The smallest absolute Gasteiger partial charge is 0.409 e. The third-order valence-corrected chi connectivity index (χ3v) is 4.01. The van der Waals surface area contributed by atoms with E-state index >= 15 is 0 Å². The lowest BCUT2D eigenvalue weighted by Gasteiger charge is -2.31. The van der Waals surface area contributed by atoms with Crippen LogP contribution in [0.1, 0.15) is 33.6 Å². The van der Waals surface area contributed by atoms with Crippen molar-refractivity contribution in [3.05, 3.63) is 34.9 Å². The molecule has 1 aromatic carbocycles. The number of methoxy groups -OCH3 is 2. The van der Waals surface area contributed by atoms with Gasteiger partial charge in [-0.1, -0.05) is 0 Å². The zero-order valence-electron chi connectivity index (χ0n) is 14.4. The Balaban J connectivity index is 2.02. The fourth-order valence-corrected chi connectivity index (χ4v) is 2.68. The first-order valence-electron chi connectivity index (χ1n) is 7.92. The van der Waals surface area contributed by atoms with Gasteiger partial charge in [-0.05, 0) is 18.6 Å². The number of carbonyl (C=O) groups excluding carboxylic acids is 3. The Bertz CT molecular complexity index is 685. The van der Waals surface area contributed by atoms with E-state index in [-0.39, 0.29) is 31.6 Å². The summed E-state index contributed by atoms with van der Waals surface area (Å²) in [4.78, 5) is 36.5. The maximum absolute atomic E-state index is 14.1. The highest BCUT2D eigenvalue weighted by Crippen LogP contribution is 2.20. The van der Waals surface area contributed by atoms with Crippen LogP contribution in [0.25, 0.3) is 0 Å². The molecular formula is C17H19F2NO6. The number of hydrogen-bond acceptors (Lipinski definition) is 6. The van der Waals surface area contributed by atoms with Crippen molar-refractivity contribution in [2.45, 2.75) is 18.9 Å². The molecule has 0 radical (unpaired) electrons. The lowest BCUT2D eigenvalue weighted by Crippen LogP contribution is -2.45. The summed E-state index contributed by atoms with van der Waals surface area (Å²) in [6, 6.07) is 1.52. The quantitative estimate of drug-likeness (QED) is 0.583. The molecule has 0 bridgehead atoms. The number of amides is 1. The van der Waals surface area contributed by atoms with Crippen LogP contribution in [-0.2, 0) is 14.2 Å². The molecule has 9 heteroatoms. The maximum Gasteiger partial charge on any atom is 0.409 e. The van der Waals surface area contributed by atoms with Gasteiger partial charge in [-0.3, -0.25) is 4.79 Å². The Morgan fingerprint density at radius 2 is 1.85 bits per heavy atom. The average molecular weight is 371 g/mol. The topological polar surface area (TPSA) is 82.1 Å². The van der Waals surface area contributed by atoms with Gasteiger partial charge in [-0.2, -0.15) is 0 Å². The number of ketones is 1. The number of morpholine rings is 1. The minimum Gasteiger partial charge on any atom is -0.465 e. The predicted molar refractivity (Wildman–Crippen MR) is 85.0 cm³/mol. The molecule has 1 saturated heterocycles. The van der Waals surface area contributed by atoms with Gasteiger partial charge in [0.1, 0.15) is 11.6 Å². The lowest BCUT2D eigenvalue weighted by atomic mass is 10.0. The van der Waals surface area contributed by atoms with Crippen LogP contribution in [0.2, 0.25) is 0 Å². The van der Waals surface area contributed by atoms with Crippen molar-refractivity contribution in [2.75, 3.05) is 33.9 Å². The molecule has 0 N–H and O–H groups in total. The molecule has 7 nitrogen and oxygen atoms in total. The first kappa shape index (κ1) is 19.8. The molecule has 1 fully saturated rings. The van der Waals surface area contributed by atoms with Gasteiger partial charge >= 0.3 is 12.1 Å². The van der Waals surface area contributed by atoms with Gasteiger partial charge in [0.2, 0.25) is 0 Å². The fraction of sp³-hybridized carbons (Fsp3) is 0.471. The zero-order chi connectivity index (χ0) is 19.3. The number of nitrogens with zero attached hydrogens (tertiary/aromatic N) is 1. The Kier molecular flexibility index (Phi) is 6.62. The molecular weight excluding hydrogens is 352 g/mol. The van der Waals surface area contributed by atoms with E-state index in [0.717, 1.165) is 19.2 Å². The largest absolute Gasteiger partial charge is 0.465 e. The second kappa shape index (κ2) is 8.70. The summed E-state index contributed by atoms with van der Waals surface area (Å²) < 4.78 is 42.6. The Hall–Kier alpha value is -2.55. The van der Waals surface area contributed by atoms with Crippen molar-refractivity contribution in [1.82, 2.24) is 4.90 Å². The summed E-state index contributed by atoms with van der Waals surface area (Å²) in [5.74, 6) is -3.91. The number of benzene rings is 1. The monoisotopic (exact) mass is 371 g/mol. The molecule has 1 aromatic rings. The highest BCUT2D eigenvalue weighted by Gasteiger charge is 2.27. The van der Waals surface area contributed by atoms with Crippen LogP contribution in [0.15, 0.2) is 12.1 Å². The third kappa shape index (κ3) is 4.54. The molecule has 1 heterocycles. The van der Waals surface area contributed by atoms with E-state index in [0.29, 0.717) is 6.54 Å². The number of ether oxygens (including phenoxy) is 3. The van der Waals surface area contributed by atoms with Crippen molar-refractivity contribution in [3.63, 3.8) is 0 Å². The van der Waals surface area contributed by atoms with Crippen LogP contribution in [0.3, 0.4) is 0 Å². The molecule has 1 aliphatic rings. The molecule has 0 spiro atoms. The molecule has 0 saturated carbocycles. The normalized spacial score (nSPS) is 16.9. The summed E-state index contributed by atoms with van der Waals surface area (Å²) in [6.45, 7) is 0.881. The second-order valence-corrected chi connectivity index (χ2v) is 5.68. The van der Waals surface area contributed by atoms with Crippen molar-refractivity contribution >= 4 is 17.8 Å². The Labute approximate surface area is 148 Å². The van der Waals surface area contributed by atoms with Gasteiger partial charge in [0.25, 0.3) is 0 Å². The molecule has 142 valence electrons. The van der Waals surface area contributed by atoms with Gasteiger partial charge < -0.3 is 19.1 Å². The van der Waals surface area contributed by atoms with E-state index in [1.807, 2.05) is 0 Å². The Morgan fingerprint density at radius 1 is 1.19 bits per heavy atom. The molecule has 0 aromatic heterocycles. The summed E-state index contributed by atoms with van der Waals surface area (Å²) in [5, 5.41) is 0. The number of halogens is 2. The van der Waals surface area contributed by atoms with Crippen molar-refractivity contribution in [3.8, 4) is 0 Å². The van der Waals surface area contributed by atoms with E-state index in [9.17, 15) is 23.2 Å². The van der Waals surface area contributed by atoms with Crippen molar-refractivity contribution in [2.24, 2.45) is 0 Å². The number of rotatable bonds is 5. The maximum atomic E-state index is 14.1. The van der Waals surface area contributed by atoms with Crippen LogP contribution < -0.4 is 0 Å². The van der Waals surface area contributed by atoms with Crippen molar-refractivity contribution in [1.29, 1.82) is 0 Å². The van der Waals surface area contributed by atoms with E-state index < -0.39 is 41.1 Å². The standard InChI is InChI=1S/C17H19F2NO6/c1-24-16(22)10-7-12(18)15(13(19)8-10)14(21)4-3-11-9-20(5-6-26-11)17(23)25-2/h7-8,11H,3-6,9H2,1-2H3. The van der Waals surface area contributed by atoms with Crippen LogP contribution in [0, 0.1) is 11.6 Å². The summed E-state index contributed by atoms with van der Waals surface area (Å²) >= 11 is 0. The van der Waals surface area contributed by atoms with Gasteiger partial charge in [0.05, 0.1) is 44.6 Å². The van der Waals surface area contributed by atoms with E-state index in [4.69, 9.17) is 4.74 Å². The zero-order valence-corrected chi connectivity index (χ0v) is 14.4. The molecule has 1 unspecified atom stereocenters. The van der Waals surface area contributed by atoms with E-state index in [2.05, 4.69) is 9.47 Å². The summed E-state index contributed by atoms with van der Waals surface area (Å²) in [6.07, 6.45) is -0.929. The molecule has 0 aliphatic carbocycles. The second-order valence-electron chi connectivity index (χ2n) is 5.68. The van der Waals surface area contributed by atoms with Crippen LogP contribution in [0.4, 0.5) is 13.6 Å². The number of esters is 1. The number of Topliss-reactive ketones (excluding diaryl/α,β-unsaturated/α-hetero) is 1. The molecule has 26 heavy (non-hydrogen) atoms. The van der Waals surface area contributed by atoms with Gasteiger partial charge in [-0.25, -0.2) is 18.4 Å². The van der Waals surface area contributed by atoms with Crippen LogP contribution >= 0.6 is 0 Å². The molecule has 1 amide bonds.